The van der Waals surface area contributed by atoms with E-state index >= 15 is 0 Å². The number of aromatic nitrogens is 4. The zero-order valence-electron chi connectivity index (χ0n) is 16.5. The molecule has 6 nitrogen and oxygen atoms in total. The Morgan fingerprint density at radius 3 is 2.26 bits per heavy atom. The van der Waals surface area contributed by atoms with Gasteiger partial charge in [-0.15, -0.1) is 0 Å². The molecular formula is C22H18F3N5O. The van der Waals surface area contributed by atoms with Gasteiger partial charge in [0.05, 0.1) is 11.4 Å². The van der Waals surface area contributed by atoms with Gasteiger partial charge in [0.15, 0.2) is 5.69 Å². The Morgan fingerprint density at radius 1 is 1.00 bits per heavy atom. The van der Waals surface area contributed by atoms with E-state index in [1.54, 1.807) is 10.9 Å². The van der Waals surface area contributed by atoms with Gasteiger partial charge < -0.3 is 5.32 Å². The predicted octanol–water partition coefficient (Wildman–Crippen LogP) is 4.22. The zero-order chi connectivity index (χ0) is 22.0. The second-order valence-electron chi connectivity index (χ2n) is 6.87. The molecule has 2 aromatic carbocycles. The summed E-state index contributed by atoms with van der Waals surface area (Å²) in [5.41, 5.74) is 1.80. The fourth-order valence-electron chi connectivity index (χ4n) is 3.20. The van der Waals surface area contributed by atoms with Crippen molar-refractivity contribution in [3.05, 3.63) is 89.9 Å². The van der Waals surface area contributed by atoms with Crippen LogP contribution in [0.25, 0.3) is 16.9 Å². The van der Waals surface area contributed by atoms with E-state index < -0.39 is 17.8 Å². The number of amides is 1. The normalized spacial score (nSPS) is 11.5. The predicted molar refractivity (Wildman–Crippen MR) is 108 cm³/mol. The number of nitrogens with zero attached hydrogens (tertiary/aromatic N) is 4. The summed E-state index contributed by atoms with van der Waals surface area (Å²) in [6.07, 6.45) is -2.80. The van der Waals surface area contributed by atoms with E-state index in [-0.39, 0.29) is 12.2 Å². The molecule has 0 fully saturated rings. The van der Waals surface area contributed by atoms with Crippen LogP contribution in [-0.4, -0.2) is 25.5 Å². The Bertz CT molecular complexity index is 1200. The minimum atomic E-state index is -4.59. The number of hydrogen-bond acceptors (Lipinski definition) is 3. The minimum absolute atomic E-state index is 0.0772. The van der Waals surface area contributed by atoms with Crippen LogP contribution in [0.3, 0.4) is 0 Å². The summed E-state index contributed by atoms with van der Waals surface area (Å²) in [5, 5.41) is 11.0. The first-order valence-electron chi connectivity index (χ1n) is 9.42. The quantitative estimate of drug-likeness (QED) is 0.521. The maximum atomic E-state index is 13.0. The first-order chi connectivity index (χ1) is 14.8. The van der Waals surface area contributed by atoms with Crippen LogP contribution >= 0.6 is 0 Å². The Morgan fingerprint density at radius 2 is 1.65 bits per heavy atom. The van der Waals surface area contributed by atoms with Crippen LogP contribution in [0.1, 0.15) is 21.7 Å². The van der Waals surface area contributed by atoms with E-state index in [0.717, 1.165) is 29.9 Å². The van der Waals surface area contributed by atoms with Crippen molar-refractivity contribution in [3.8, 4) is 16.9 Å². The maximum absolute atomic E-state index is 13.0. The highest BCUT2D eigenvalue weighted by atomic mass is 19.4. The van der Waals surface area contributed by atoms with Crippen molar-refractivity contribution in [1.82, 2.24) is 24.9 Å². The van der Waals surface area contributed by atoms with E-state index in [4.69, 9.17) is 0 Å². The van der Waals surface area contributed by atoms with Crippen molar-refractivity contribution in [2.45, 2.75) is 12.7 Å². The summed E-state index contributed by atoms with van der Waals surface area (Å²) in [5.74, 6) is -0.697. The summed E-state index contributed by atoms with van der Waals surface area (Å²) < 4.78 is 41.3. The number of carbonyl (C=O) groups is 1. The van der Waals surface area contributed by atoms with Gasteiger partial charge in [-0.2, -0.15) is 23.4 Å². The van der Waals surface area contributed by atoms with Crippen molar-refractivity contribution in [2.75, 3.05) is 0 Å². The number of para-hydroxylation sites is 1. The Labute approximate surface area is 175 Å². The van der Waals surface area contributed by atoms with E-state index in [1.807, 2.05) is 60.7 Å². The third kappa shape index (κ3) is 4.35. The molecule has 4 aromatic rings. The van der Waals surface area contributed by atoms with Crippen molar-refractivity contribution < 1.29 is 18.0 Å². The molecule has 0 unspecified atom stereocenters. The van der Waals surface area contributed by atoms with E-state index in [9.17, 15) is 18.0 Å². The van der Waals surface area contributed by atoms with Gasteiger partial charge in [-0.05, 0) is 12.1 Å². The average Bonchev–Trinajstić information content (AvgIpc) is 3.37. The zero-order valence-corrected chi connectivity index (χ0v) is 16.5. The van der Waals surface area contributed by atoms with Crippen LogP contribution in [-0.2, 0) is 19.8 Å². The second kappa shape index (κ2) is 8.10. The highest BCUT2D eigenvalue weighted by Crippen LogP contribution is 2.29. The van der Waals surface area contributed by atoms with Gasteiger partial charge in [0, 0.05) is 37.0 Å². The lowest BCUT2D eigenvalue weighted by Gasteiger charge is -2.04. The molecule has 0 spiro atoms. The molecule has 0 aliphatic carbocycles. The number of nitrogens with one attached hydrogen (secondary N) is 1. The molecule has 2 heterocycles. The lowest BCUT2D eigenvalue weighted by atomic mass is 10.1. The molecule has 158 valence electrons. The van der Waals surface area contributed by atoms with Gasteiger partial charge in [-0.25, -0.2) is 4.68 Å². The number of carbonyl (C=O) groups excluding carboxylic acids is 1. The van der Waals surface area contributed by atoms with Gasteiger partial charge in [-0.3, -0.25) is 9.48 Å². The van der Waals surface area contributed by atoms with Crippen LogP contribution in [0.4, 0.5) is 13.2 Å². The molecule has 0 radical (unpaired) electrons. The largest absolute Gasteiger partial charge is 0.433 e. The Kier molecular flexibility index (Phi) is 5.33. The molecule has 0 aliphatic rings. The van der Waals surface area contributed by atoms with Gasteiger partial charge in [0.2, 0.25) is 0 Å². The topological polar surface area (TPSA) is 64.7 Å². The molecule has 31 heavy (non-hydrogen) atoms. The summed E-state index contributed by atoms with van der Waals surface area (Å²) >= 11 is 0. The van der Waals surface area contributed by atoms with E-state index in [1.165, 1.54) is 0 Å². The number of benzene rings is 2. The third-order valence-corrected chi connectivity index (χ3v) is 4.70. The fourth-order valence-corrected chi connectivity index (χ4v) is 3.20. The highest BCUT2D eigenvalue weighted by molar-refractivity contribution is 5.92. The van der Waals surface area contributed by atoms with Gasteiger partial charge in [-0.1, -0.05) is 48.5 Å². The van der Waals surface area contributed by atoms with Crippen LogP contribution in [0.2, 0.25) is 0 Å². The number of alkyl halides is 3. The first-order valence-corrected chi connectivity index (χ1v) is 9.42. The molecule has 9 heteroatoms. The van der Waals surface area contributed by atoms with Crippen molar-refractivity contribution >= 4 is 5.91 Å². The molecule has 0 saturated heterocycles. The SMILES string of the molecule is Cn1nc(C(=O)NCc2cn(-c3ccccc3)nc2-c2ccccc2)cc1C(F)(F)F. The average molecular weight is 425 g/mol. The molecule has 1 N–H and O–H groups in total. The summed E-state index contributed by atoms with van der Waals surface area (Å²) in [7, 11) is 1.15. The first kappa shape index (κ1) is 20.4. The van der Waals surface area contributed by atoms with Crippen LogP contribution in [0.15, 0.2) is 72.9 Å². The number of rotatable bonds is 5. The molecule has 0 atom stereocenters. The molecule has 1 amide bonds. The number of hydrogen-bond donors (Lipinski definition) is 1. The molecule has 0 saturated carbocycles. The van der Waals surface area contributed by atoms with Crippen LogP contribution < -0.4 is 5.32 Å². The van der Waals surface area contributed by atoms with Crippen molar-refractivity contribution in [3.63, 3.8) is 0 Å². The summed E-state index contributed by atoms with van der Waals surface area (Å²) in [4.78, 5) is 12.5. The van der Waals surface area contributed by atoms with Crippen molar-refractivity contribution in [2.24, 2.45) is 7.05 Å². The fraction of sp³-hybridized carbons (Fsp3) is 0.136. The number of aryl methyl sites for hydroxylation is 1. The second-order valence-corrected chi connectivity index (χ2v) is 6.87. The standard InChI is InChI=1S/C22H18F3N5O/c1-29-19(22(23,24)25)12-18(27-29)21(31)26-13-16-14-30(17-10-6-3-7-11-17)28-20(16)15-8-4-2-5-9-15/h2-12,14H,13H2,1H3,(H,26,31). The minimum Gasteiger partial charge on any atom is -0.346 e. The lowest BCUT2D eigenvalue weighted by Crippen LogP contribution is -2.23. The monoisotopic (exact) mass is 425 g/mol. The molecule has 2 aromatic heterocycles. The Balaban J connectivity index is 1.61. The molecule has 0 bridgehead atoms. The lowest BCUT2D eigenvalue weighted by molar-refractivity contribution is -0.143. The van der Waals surface area contributed by atoms with E-state index in [0.29, 0.717) is 10.4 Å². The van der Waals surface area contributed by atoms with Crippen molar-refractivity contribution in [1.29, 1.82) is 0 Å². The highest BCUT2D eigenvalue weighted by Gasteiger charge is 2.35. The molecule has 4 rings (SSSR count). The summed E-state index contributed by atoms with van der Waals surface area (Å²) in [6.45, 7) is 0.0772. The molecular weight excluding hydrogens is 407 g/mol. The molecule has 0 aliphatic heterocycles. The maximum Gasteiger partial charge on any atom is 0.433 e. The van der Waals surface area contributed by atoms with E-state index in [2.05, 4.69) is 15.5 Å². The Hall–Kier alpha value is -3.88. The van der Waals surface area contributed by atoms with Gasteiger partial charge in [0.25, 0.3) is 5.91 Å². The summed E-state index contributed by atoms with van der Waals surface area (Å²) in [6, 6.07) is 19.7. The van der Waals surface area contributed by atoms with Gasteiger partial charge in [0.1, 0.15) is 5.69 Å². The smallest absolute Gasteiger partial charge is 0.346 e. The number of halogens is 3. The van der Waals surface area contributed by atoms with Crippen LogP contribution in [0.5, 0.6) is 0 Å². The van der Waals surface area contributed by atoms with Crippen LogP contribution in [0, 0.1) is 0 Å². The third-order valence-electron chi connectivity index (χ3n) is 4.70. The van der Waals surface area contributed by atoms with Gasteiger partial charge >= 0.3 is 6.18 Å².